The van der Waals surface area contributed by atoms with E-state index in [-0.39, 0.29) is 19.1 Å². The first-order valence-corrected chi connectivity index (χ1v) is 7.12. The zero-order chi connectivity index (χ0) is 14.8. The van der Waals surface area contributed by atoms with E-state index in [0.29, 0.717) is 18.0 Å². The minimum atomic E-state index is -0.416. The van der Waals surface area contributed by atoms with E-state index in [1.807, 2.05) is 0 Å². The maximum atomic E-state index is 13.7. The normalized spacial score (nSPS) is 13.4. The number of ether oxygens (including phenoxy) is 3. The van der Waals surface area contributed by atoms with Gasteiger partial charge in [-0.2, -0.15) is 0 Å². The fourth-order valence-electron chi connectivity index (χ4n) is 2.18. The second kappa shape index (κ2) is 5.91. The predicted octanol–water partition coefficient (Wildman–Crippen LogP) is 3.62. The molecule has 1 aliphatic heterocycles. The summed E-state index contributed by atoms with van der Waals surface area (Å²) in [6.45, 7) is 0.800. The van der Waals surface area contributed by atoms with Gasteiger partial charge in [0, 0.05) is 21.3 Å². The number of rotatable bonds is 3. The number of fused-ring (bicyclic) bond motifs is 1. The van der Waals surface area contributed by atoms with Gasteiger partial charge in [0.25, 0.3) is 0 Å². The summed E-state index contributed by atoms with van der Waals surface area (Å²) in [5.74, 6) is 0.457. The van der Waals surface area contributed by atoms with Crippen LogP contribution in [0.25, 0.3) is 0 Å². The highest BCUT2D eigenvalue weighted by atomic mass is 79.9. The number of anilines is 1. The minimum Gasteiger partial charge on any atom is -0.486 e. The number of hydrogen-bond donors (Lipinski definition) is 1. The van der Waals surface area contributed by atoms with E-state index < -0.39 is 5.82 Å². The molecule has 3 rings (SSSR count). The standard InChI is InChI=1S/C15H13BrFNO3/c16-11-1-2-13(17)14(5-11)20-7-10-4-12(18)3-9-6-19-8-21-15(9)10/h1-5H,6-8,18H2. The molecule has 4 nitrogen and oxygen atoms in total. The van der Waals surface area contributed by atoms with Crippen LogP contribution < -0.4 is 15.2 Å². The SMILES string of the molecule is Nc1cc2c(c(COc3cc(Br)ccc3F)c1)OCOC2. The summed E-state index contributed by atoms with van der Waals surface area (Å²) in [6, 6.07) is 8.11. The molecule has 0 amide bonds. The summed E-state index contributed by atoms with van der Waals surface area (Å²) in [4.78, 5) is 0. The largest absolute Gasteiger partial charge is 0.486 e. The highest BCUT2D eigenvalue weighted by molar-refractivity contribution is 9.10. The van der Waals surface area contributed by atoms with Gasteiger partial charge in [-0.25, -0.2) is 4.39 Å². The van der Waals surface area contributed by atoms with Crippen LogP contribution in [0.5, 0.6) is 11.5 Å². The quantitative estimate of drug-likeness (QED) is 0.856. The molecule has 110 valence electrons. The molecule has 0 saturated carbocycles. The van der Waals surface area contributed by atoms with Crippen LogP contribution in [-0.2, 0) is 18.0 Å². The monoisotopic (exact) mass is 353 g/mol. The van der Waals surface area contributed by atoms with Crippen molar-refractivity contribution in [2.24, 2.45) is 0 Å². The van der Waals surface area contributed by atoms with Crippen molar-refractivity contribution < 1.29 is 18.6 Å². The molecule has 0 bridgehead atoms. The Morgan fingerprint density at radius 3 is 3.00 bits per heavy atom. The molecule has 0 fully saturated rings. The molecule has 2 N–H and O–H groups in total. The minimum absolute atomic E-state index is 0.167. The van der Waals surface area contributed by atoms with Gasteiger partial charge < -0.3 is 19.9 Å². The average molecular weight is 354 g/mol. The maximum absolute atomic E-state index is 13.7. The first-order chi connectivity index (χ1) is 10.1. The number of benzene rings is 2. The van der Waals surface area contributed by atoms with Crippen molar-refractivity contribution >= 4 is 21.6 Å². The molecule has 1 heterocycles. The third-order valence-electron chi connectivity index (χ3n) is 3.09. The molecule has 0 unspecified atom stereocenters. The van der Waals surface area contributed by atoms with Crippen molar-refractivity contribution in [3.05, 3.63) is 51.7 Å². The van der Waals surface area contributed by atoms with Crippen molar-refractivity contribution in [1.82, 2.24) is 0 Å². The van der Waals surface area contributed by atoms with Gasteiger partial charge in [-0.15, -0.1) is 0 Å². The lowest BCUT2D eigenvalue weighted by Gasteiger charge is -2.21. The topological polar surface area (TPSA) is 53.7 Å². The first kappa shape index (κ1) is 14.2. The molecule has 0 saturated heterocycles. The van der Waals surface area contributed by atoms with E-state index in [2.05, 4.69) is 15.9 Å². The van der Waals surface area contributed by atoms with E-state index >= 15 is 0 Å². The Morgan fingerprint density at radius 1 is 1.29 bits per heavy atom. The van der Waals surface area contributed by atoms with Gasteiger partial charge in [0.1, 0.15) is 12.4 Å². The Bertz CT molecular complexity index is 678. The van der Waals surface area contributed by atoms with E-state index in [1.54, 1.807) is 24.3 Å². The summed E-state index contributed by atoms with van der Waals surface area (Å²) in [7, 11) is 0. The van der Waals surface area contributed by atoms with Gasteiger partial charge in [0.15, 0.2) is 18.4 Å². The summed E-state index contributed by atoms with van der Waals surface area (Å²) in [6.07, 6.45) is 0. The smallest absolute Gasteiger partial charge is 0.189 e. The lowest BCUT2D eigenvalue weighted by atomic mass is 10.1. The number of nitrogen functional groups attached to an aromatic ring is 1. The Balaban J connectivity index is 1.85. The Kier molecular flexibility index (Phi) is 3.98. The molecule has 2 aromatic carbocycles. The third-order valence-corrected chi connectivity index (χ3v) is 3.58. The average Bonchev–Trinajstić information content (AvgIpc) is 2.47. The molecule has 21 heavy (non-hydrogen) atoms. The number of halogens is 2. The third kappa shape index (κ3) is 3.11. The van der Waals surface area contributed by atoms with Crippen LogP contribution in [0.4, 0.5) is 10.1 Å². The Morgan fingerprint density at radius 2 is 2.14 bits per heavy atom. The summed E-state index contributed by atoms with van der Waals surface area (Å²) in [5.41, 5.74) is 8.09. The summed E-state index contributed by atoms with van der Waals surface area (Å²) < 4.78 is 30.7. The van der Waals surface area contributed by atoms with Crippen LogP contribution in [0.2, 0.25) is 0 Å². The Labute approximate surface area is 129 Å². The lowest BCUT2D eigenvalue weighted by molar-refractivity contribution is -0.0175. The molecule has 1 aliphatic rings. The van der Waals surface area contributed by atoms with Crippen LogP contribution in [0.1, 0.15) is 11.1 Å². The van der Waals surface area contributed by atoms with Gasteiger partial charge in [0.05, 0.1) is 6.61 Å². The van der Waals surface area contributed by atoms with Gasteiger partial charge in [-0.05, 0) is 30.3 Å². The van der Waals surface area contributed by atoms with Crippen LogP contribution in [-0.4, -0.2) is 6.79 Å². The molecule has 6 heteroatoms. The van der Waals surface area contributed by atoms with E-state index in [9.17, 15) is 4.39 Å². The molecular weight excluding hydrogens is 341 g/mol. The summed E-state index contributed by atoms with van der Waals surface area (Å²) in [5, 5.41) is 0. The van der Waals surface area contributed by atoms with Crippen LogP contribution in [0.3, 0.4) is 0 Å². The van der Waals surface area contributed by atoms with Gasteiger partial charge >= 0.3 is 0 Å². The van der Waals surface area contributed by atoms with Crippen LogP contribution in [0, 0.1) is 5.82 Å². The highest BCUT2D eigenvalue weighted by Crippen LogP contribution is 2.32. The van der Waals surface area contributed by atoms with Crippen molar-refractivity contribution in [3.63, 3.8) is 0 Å². The molecule has 0 atom stereocenters. The number of nitrogens with two attached hydrogens (primary N) is 1. The zero-order valence-corrected chi connectivity index (χ0v) is 12.7. The molecule has 0 aromatic heterocycles. The number of hydrogen-bond acceptors (Lipinski definition) is 4. The van der Waals surface area contributed by atoms with Crippen LogP contribution >= 0.6 is 15.9 Å². The predicted molar refractivity (Wildman–Crippen MR) is 79.6 cm³/mol. The molecular formula is C15H13BrFNO3. The second-order valence-electron chi connectivity index (χ2n) is 4.64. The van der Waals surface area contributed by atoms with Crippen molar-refractivity contribution in [2.45, 2.75) is 13.2 Å². The molecule has 0 radical (unpaired) electrons. The van der Waals surface area contributed by atoms with Gasteiger partial charge in [-0.3, -0.25) is 0 Å². The molecule has 0 aliphatic carbocycles. The second-order valence-corrected chi connectivity index (χ2v) is 5.56. The van der Waals surface area contributed by atoms with E-state index in [4.69, 9.17) is 19.9 Å². The van der Waals surface area contributed by atoms with Crippen molar-refractivity contribution in [3.8, 4) is 11.5 Å². The summed E-state index contributed by atoms with van der Waals surface area (Å²) >= 11 is 3.29. The fourth-order valence-corrected chi connectivity index (χ4v) is 2.52. The van der Waals surface area contributed by atoms with Gasteiger partial charge in [0.2, 0.25) is 0 Å². The van der Waals surface area contributed by atoms with E-state index in [1.165, 1.54) is 6.07 Å². The first-order valence-electron chi connectivity index (χ1n) is 6.33. The molecule has 2 aromatic rings. The van der Waals surface area contributed by atoms with Crippen molar-refractivity contribution in [1.29, 1.82) is 0 Å². The van der Waals surface area contributed by atoms with E-state index in [0.717, 1.165) is 15.6 Å². The molecule has 0 spiro atoms. The fraction of sp³-hybridized carbons (Fsp3) is 0.200. The van der Waals surface area contributed by atoms with Crippen molar-refractivity contribution in [2.75, 3.05) is 12.5 Å². The maximum Gasteiger partial charge on any atom is 0.189 e. The van der Waals surface area contributed by atoms with Gasteiger partial charge in [-0.1, -0.05) is 15.9 Å². The van der Waals surface area contributed by atoms with Crippen LogP contribution in [0.15, 0.2) is 34.8 Å². The Hall–Kier alpha value is -1.79. The highest BCUT2D eigenvalue weighted by Gasteiger charge is 2.17. The zero-order valence-electron chi connectivity index (χ0n) is 11.1. The lowest BCUT2D eigenvalue weighted by Crippen LogP contribution is -2.14.